The van der Waals surface area contributed by atoms with Crippen LogP contribution in [0.4, 0.5) is 10.8 Å². The van der Waals surface area contributed by atoms with Crippen LogP contribution < -0.4 is 10.2 Å². The second kappa shape index (κ2) is 8.32. The van der Waals surface area contributed by atoms with E-state index in [0.29, 0.717) is 16.9 Å². The summed E-state index contributed by atoms with van der Waals surface area (Å²) in [4.78, 5) is 39.0. The highest BCUT2D eigenvalue weighted by Gasteiger charge is 2.25. The van der Waals surface area contributed by atoms with Gasteiger partial charge in [0.05, 0.1) is 27.7 Å². The van der Waals surface area contributed by atoms with E-state index in [2.05, 4.69) is 20.2 Å². The van der Waals surface area contributed by atoms with Crippen LogP contribution in [0.3, 0.4) is 0 Å². The molecule has 1 amide bonds. The second-order valence-corrected chi connectivity index (χ2v) is 9.39. The smallest absolute Gasteiger partial charge is 0.275 e. The fourth-order valence-electron chi connectivity index (χ4n) is 3.69. The minimum Gasteiger partial charge on any atom is -0.386 e. The Morgan fingerprint density at radius 3 is 2.65 bits per heavy atom. The summed E-state index contributed by atoms with van der Waals surface area (Å²) in [7, 11) is 0. The van der Waals surface area contributed by atoms with Crippen molar-refractivity contribution in [3.05, 3.63) is 41.5 Å². The average molecular weight is 440 g/mol. The van der Waals surface area contributed by atoms with Gasteiger partial charge in [-0.3, -0.25) is 9.78 Å². The molecule has 31 heavy (non-hydrogen) atoms. The first-order chi connectivity index (χ1) is 14.7. The van der Waals surface area contributed by atoms with Gasteiger partial charge in [0, 0.05) is 36.5 Å². The molecule has 8 nitrogen and oxygen atoms in total. The SMILES string of the molecule is Cc1cncc(C(=O)Nc2cc3sc(N4CCC(C=O)CC4)nc3cc2C(C)(C)O)n1. The summed E-state index contributed by atoms with van der Waals surface area (Å²) >= 11 is 1.54. The third-order valence-electron chi connectivity index (χ3n) is 5.41. The molecule has 2 aromatic heterocycles. The summed E-state index contributed by atoms with van der Waals surface area (Å²) in [6.45, 7) is 6.70. The molecule has 1 aliphatic heterocycles. The molecule has 2 N–H and O–H groups in total. The molecule has 1 aliphatic rings. The first-order valence-electron chi connectivity index (χ1n) is 10.2. The first-order valence-corrected chi connectivity index (χ1v) is 11.0. The maximum absolute atomic E-state index is 12.7. The molecule has 9 heteroatoms. The predicted molar refractivity (Wildman–Crippen MR) is 121 cm³/mol. The topological polar surface area (TPSA) is 108 Å². The zero-order chi connectivity index (χ0) is 22.2. The number of thiazole rings is 1. The third-order valence-corrected chi connectivity index (χ3v) is 6.49. The molecule has 3 heterocycles. The van der Waals surface area contributed by atoms with Gasteiger partial charge in [0.1, 0.15) is 12.0 Å². The van der Waals surface area contributed by atoms with Crippen molar-refractivity contribution >= 4 is 44.6 Å². The Hall–Kier alpha value is -2.91. The molecule has 0 spiro atoms. The van der Waals surface area contributed by atoms with Gasteiger partial charge >= 0.3 is 0 Å². The predicted octanol–water partition coefficient (Wildman–Crippen LogP) is 3.29. The average Bonchev–Trinajstić information content (AvgIpc) is 3.15. The molecular weight excluding hydrogens is 414 g/mol. The minimum atomic E-state index is -1.18. The van der Waals surface area contributed by atoms with Crippen molar-refractivity contribution in [2.24, 2.45) is 5.92 Å². The number of carbonyl (C=O) groups excluding carboxylic acids is 2. The molecule has 0 saturated carbocycles. The maximum Gasteiger partial charge on any atom is 0.275 e. The normalized spacial score (nSPS) is 15.3. The Morgan fingerprint density at radius 2 is 2.00 bits per heavy atom. The van der Waals surface area contributed by atoms with Crippen LogP contribution in [0.25, 0.3) is 10.2 Å². The van der Waals surface area contributed by atoms with Crippen molar-refractivity contribution in [2.75, 3.05) is 23.3 Å². The molecule has 0 unspecified atom stereocenters. The van der Waals surface area contributed by atoms with Crippen molar-refractivity contribution in [3.8, 4) is 0 Å². The summed E-state index contributed by atoms with van der Waals surface area (Å²) in [5, 5.41) is 14.5. The molecule has 162 valence electrons. The van der Waals surface area contributed by atoms with E-state index in [-0.39, 0.29) is 17.5 Å². The number of aromatic nitrogens is 3. The third kappa shape index (κ3) is 4.57. The van der Waals surface area contributed by atoms with Gasteiger partial charge in [0.2, 0.25) is 0 Å². The summed E-state index contributed by atoms with van der Waals surface area (Å²) < 4.78 is 0.908. The van der Waals surface area contributed by atoms with Crippen LogP contribution in [0.15, 0.2) is 24.5 Å². The zero-order valence-corrected chi connectivity index (χ0v) is 18.6. The Kier molecular flexibility index (Phi) is 5.72. The van der Waals surface area contributed by atoms with Crippen LogP contribution in [-0.4, -0.2) is 45.3 Å². The van der Waals surface area contributed by atoms with Crippen molar-refractivity contribution in [3.63, 3.8) is 0 Å². The second-order valence-electron chi connectivity index (χ2n) is 8.38. The van der Waals surface area contributed by atoms with E-state index < -0.39 is 5.60 Å². The molecule has 1 fully saturated rings. The molecule has 1 aromatic carbocycles. The van der Waals surface area contributed by atoms with Crippen molar-refractivity contribution in [1.29, 1.82) is 0 Å². The summed E-state index contributed by atoms with van der Waals surface area (Å²) in [5.74, 6) is -0.263. The lowest BCUT2D eigenvalue weighted by Crippen LogP contribution is -2.33. The zero-order valence-electron chi connectivity index (χ0n) is 17.8. The summed E-state index contributed by atoms with van der Waals surface area (Å²) in [6, 6.07) is 3.67. The number of aryl methyl sites for hydroxylation is 1. The van der Waals surface area contributed by atoms with Gasteiger partial charge in [-0.1, -0.05) is 11.3 Å². The molecule has 0 radical (unpaired) electrons. The van der Waals surface area contributed by atoms with Crippen molar-refractivity contribution in [2.45, 2.75) is 39.2 Å². The van der Waals surface area contributed by atoms with E-state index in [0.717, 1.165) is 47.6 Å². The number of hydrogen-bond donors (Lipinski definition) is 2. The number of fused-ring (bicyclic) bond motifs is 1. The van der Waals surface area contributed by atoms with Gasteiger partial charge in [-0.25, -0.2) is 9.97 Å². The number of nitrogens with zero attached hydrogens (tertiary/aromatic N) is 4. The fraction of sp³-hybridized carbons (Fsp3) is 0.409. The standard InChI is InChI=1S/C22H25N5O3S/c1-13-10-23-11-18(24-13)20(29)25-16-9-19-17(8-15(16)22(2,3)30)26-21(31-19)27-6-4-14(12-28)5-7-27/h8-12,14,30H,4-7H2,1-3H3,(H,25,29). The number of aliphatic hydroxyl groups is 1. The van der Waals surface area contributed by atoms with E-state index in [1.165, 1.54) is 17.5 Å². The maximum atomic E-state index is 12.7. The van der Waals surface area contributed by atoms with Crippen molar-refractivity contribution < 1.29 is 14.7 Å². The molecular formula is C22H25N5O3S. The highest BCUT2D eigenvalue weighted by Crippen LogP contribution is 2.37. The van der Waals surface area contributed by atoms with Crippen LogP contribution in [0.1, 0.15) is 48.4 Å². The molecule has 3 aromatic rings. The lowest BCUT2D eigenvalue weighted by Gasteiger charge is -2.29. The Morgan fingerprint density at radius 1 is 1.26 bits per heavy atom. The number of nitrogens with one attached hydrogen (secondary N) is 1. The van der Waals surface area contributed by atoms with E-state index in [4.69, 9.17) is 4.98 Å². The summed E-state index contributed by atoms with van der Waals surface area (Å²) in [5.41, 5.74) is 1.54. The number of benzene rings is 1. The lowest BCUT2D eigenvalue weighted by molar-refractivity contribution is -0.111. The van der Waals surface area contributed by atoms with Crippen molar-refractivity contribution in [1.82, 2.24) is 15.0 Å². The highest BCUT2D eigenvalue weighted by molar-refractivity contribution is 7.22. The van der Waals surface area contributed by atoms with Gasteiger partial charge in [-0.05, 0) is 45.7 Å². The molecule has 0 aliphatic carbocycles. The van der Waals surface area contributed by atoms with Gasteiger partial charge in [-0.15, -0.1) is 0 Å². The van der Waals surface area contributed by atoms with Crippen LogP contribution in [0.5, 0.6) is 0 Å². The number of aldehydes is 1. The summed E-state index contributed by atoms with van der Waals surface area (Å²) in [6.07, 6.45) is 5.69. The number of piperidine rings is 1. The first kappa shape index (κ1) is 21.3. The number of hydrogen-bond acceptors (Lipinski definition) is 8. The van der Waals surface area contributed by atoms with E-state index in [9.17, 15) is 14.7 Å². The van der Waals surface area contributed by atoms with E-state index in [1.54, 1.807) is 27.0 Å². The van der Waals surface area contributed by atoms with Crippen LogP contribution >= 0.6 is 11.3 Å². The quantitative estimate of drug-likeness (QED) is 0.587. The molecule has 1 saturated heterocycles. The Balaban J connectivity index is 1.67. The lowest BCUT2D eigenvalue weighted by atomic mass is 9.96. The Labute approximate surface area is 184 Å². The monoisotopic (exact) mass is 439 g/mol. The van der Waals surface area contributed by atoms with Crippen LogP contribution in [0, 0.1) is 12.8 Å². The number of anilines is 2. The minimum absolute atomic E-state index is 0.124. The molecule has 0 bridgehead atoms. The van der Waals surface area contributed by atoms with E-state index in [1.807, 2.05) is 12.1 Å². The number of rotatable bonds is 5. The van der Waals surface area contributed by atoms with Gasteiger partial charge in [0.25, 0.3) is 5.91 Å². The number of carbonyl (C=O) groups is 2. The van der Waals surface area contributed by atoms with Gasteiger partial charge in [-0.2, -0.15) is 0 Å². The Bertz CT molecular complexity index is 1130. The van der Waals surface area contributed by atoms with Gasteiger partial charge in [0.15, 0.2) is 5.13 Å². The van der Waals surface area contributed by atoms with Gasteiger partial charge < -0.3 is 20.1 Å². The van der Waals surface area contributed by atoms with Crippen LogP contribution in [-0.2, 0) is 10.4 Å². The molecule has 4 rings (SSSR count). The number of amides is 1. The largest absolute Gasteiger partial charge is 0.386 e. The highest BCUT2D eigenvalue weighted by atomic mass is 32.1. The van der Waals surface area contributed by atoms with Crippen LogP contribution in [0.2, 0.25) is 0 Å². The fourth-order valence-corrected chi connectivity index (χ4v) is 4.73. The van der Waals surface area contributed by atoms with E-state index >= 15 is 0 Å². The molecule has 0 atom stereocenters.